The molecule has 0 saturated carbocycles. The summed E-state index contributed by atoms with van der Waals surface area (Å²) in [5.74, 6) is 0. The highest BCUT2D eigenvalue weighted by molar-refractivity contribution is 6.31. The van der Waals surface area contributed by atoms with E-state index in [1.165, 1.54) is 6.07 Å². The van der Waals surface area contributed by atoms with E-state index >= 15 is 0 Å². The Morgan fingerprint density at radius 3 is 2.52 bits per heavy atom. The molecular weight excluding hydrogens is 311 g/mol. The summed E-state index contributed by atoms with van der Waals surface area (Å²) in [5.41, 5.74) is 7.57. The summed E-state index contributed by atoms with van der Waals surface area (Å²) in [6, 6.07) is 11.8. The smallest absolute Gasteiger partial charge is 0.274 e. The van der Waals surface area contributed by atoms with E-state index in [2.05, 4.69) is 0 Å². The van der Waals surface area contributed by atoms with Crippen LogP contribution in [0.3, 0.4) is 0 Å². The molecule has 1 atom stereocenters. The SMILES string of the molecule is NC(Cc1cccc(Cl)c1)Cc1c(Cl)cccc1[N+](=O)[O-]. The number of halogens is 2. The largest absolute Gasteiger partial charge is 0.327 e. The van der Waals surface area contributed by atoms with Crippen molar-refractivity contribution in [2.24, 2.45) is 5.73 Å². The lowest BCUT2D eigenvalue weighted by atomic mass is 9.98. The predicted octanol–water partition coefficient (Wildman–Crippen LogP) is 4.01. The van der Waals surface area contributed by atoms with Gasteiger partial charge in [-0.2, -0.15) is 0 Å². The number of rotatable bonds is 5. The molecule has 0 aliphatic heterocycles. The van der Waals surface area contributed by atoms with Crippen LogP contribution in [0, 0.1) is 10.1 Å². The highest BCUT2D eigenvalue weighted by atomic mass is 35.5. The molecule has 0 heterocycles. The van der Waals surface area contributed by atoms with Crippen LogP contribution in [0.2, 0.25) is 10.0 Å². The van der Waals surface area contributed by atoms with E-state index in [9.17, 15) is 10.1 Å². The molecule has 110 valence electrons. The minimum atomic E-state index is -0.437. The lowest BCUT2D eigenvalue weighted by Gasteiger charge is -2.13. The van der Waals surface area contributed by atoms with E-state index in [-0.39, 0.29) is 11.7 Å². The van der Waals surface area contributed by atoms with Gasteiger partial charge in [-0.25, -0.2) is 0 Å². The predicted molar refractivity (Wildman–Crippen MR) is 84.9 cm³/mol. The van der Waals surface area contributed by atoms with Crippen LogP contribution >= 0.6 is 23.2 Å². The maximum absolute atomic E-state index is 11.0. The van der Waals surface area contributed by atoms with Gasteiger partial charge in [-0.1, -0.05) is 41.4 Å². The van der Waals surface area contributed by atoms with Crippen LogP contribution in [0.25, 0.3) is 0 Å². The molecule has 0 aromatic heterocycles. The third-order valence-corrected chi connectivity index (χ3v) is 3.73. The Kier molecular flexibility index (Phi) is 5.17. The van der Waals surface area contributed by atoms with Gasteiger partial charge in [0.15, 0.2) is 0 Å². The second kappa shape index (κ2) is 6.89. The fourth-order valence-electron chi connectivity index (χ4n) is 2.22. The topological polar surface area (TPSA) is 69.2 Å². The van der Waals surface area contributed by atoms with E-state index in [1.54, 1.807) is 18.2 Å². The van der Waals surface area contributed by atoms with E-state index < -0.39 is 4.92 Å². The second-order valence-corrected chi connectivity index (χ2v) is 5.64. The normalized spacial score (nSPS) is 12.1. The molecule has 0 aliphatic carbocycles. The molecule has 21 heavy (non-hydrogen) atoms. The highest BCUT2D eigenvalue weighted by Gasteiger charge is 2.19. The van der Waals surface area contributed by atoms with Crippen LogP contribution in [-0.2, 0) is 12.8 Å². The molecule has 6 heteroatoms. The fraction of sp³-hybridized carbons (Fsp3) is 0.200. The maximum Gasteiger partial charge on any atom is 0.274 e. The van der Waals surface area contributed by atoms with Crippen molar-refractivity contribution >= 4 is 28.9 Å². The van der Waals surface area contributed by atoms with E-state index in [4.69, 9.17) is 28.9 Å². The van der Waals surface area contributed by atoms with Crippen LogP contribution < -0.4 is 5.73 Å². The van der Waals surface area contributed by atoms with E-state index in [0.717, 1.165) is 5.56 Å². The zero-order valence-electron chi connectivity index (χ0n) is 11.1. The summed E-state index contributed by atoms with van der Waals surface area (Å²) >= 11 is 12.0. The van der Waals surface area contributed by atoms with E-state index in [1.807, 2.05) is 18.2 Å². The number of benzene rings is 2. The van der Waals surface area contributed by atoms with Crippen molar-refractivity contribution in [3.63, 3.8) is 0 Å². The van der Waals surface area contributed by atoms with Crippen LogP contribution in [0.1, 0.15) is 11.1 Å². The van der Waals surface area contributed by atoms with Gasteiger partial charge in [0, 0.05) is 22.7 Å². The number of nitro groups is 1. The van der Waals surface area contributed by atoms with Crippen LogP contribution in [-0.4, -0.2) is 11.0 Å². The second-order valence-electron chi connectivity index (χ2n) is 4.79. The third kappa shape index (κ3) is 4.17. The van der Waals surface area contributed by atoms with Crippen LogP contribution in [0.5, 0.6) is 0 Å². The van der Waals surface area contributed by atoms with Gasteiger partial charge in [-0.05, 0) is 36.6 Å². The first kappa shape index (κ1) is 15.8. The summed E-state index contributed by atoms with van der Waals surface area (Å²) in [6.45, 7) is 0. The summed E-state index contributed by atoms with van der Waals surface area (Å²) in [4.78, 5) is 10.6. The van der Waals surface area contributed by atoms with E-state index in [0.29, 0.717) is 28.5 Å². The van der Waals surface area contributed by atoms with Crippen molar-refractivity contribution in [3.05, 3.63) is 73.8 Å². The first-order valence-electron chi connectivity index (χ1n) is 6.39. The molecule has 0 spiro atoms. The van der Waals surface area contributed by atoms with Gasteiger partial charge in [-0.3, -0.25) is 10.1 Å². The van der Waals surface area contributed by atoms with Crippen molar-refractivity contribution < 1.29 is 4.92 Å². The highest BCUT2D eigenvalue weighted by Crippen LogP contribution is 2.27. The summed E-state index contributed by atoms with van der Waals surface area (Å²) in [5, 5.41) is 12.1. The molecule has 0 amide bonds. The Hall–Kier alpha value is -1.62. The maximum atomic E-state index is 11.0. The molecule has 0 radical (unpaired) electrons. The molecule has 2 rings (SSSR count). The fourth-order valence-corrected chi connectivity index (χ4v) is 2.68. The Bertz CT molecular complexity index is 662. The number of nitro benzene ring substituents is 1. The van der Waals surface area contributed by atoms with Crippen molar-refractivity contribution in [2.75, 3.05) is 0 Å². The molecule has 0 bridgehead atoms. The summed E-state index contributed by atoms with van der Waals surface area (Å²) in [7, 11) is 0. The Morgan fingerprint density at radius 2 is 1.86 bits per heavy atom. The molecule has 0 aliphatic rings. The zero-order chi connectivity index (χ0) is 15.4. The Labute approximate surface area is 132 Å². The molecule has 2 aromatic carbocycles. The Balaban J connectivity index is 2.16. The molecule has 0 saturated heterocycles. The number of hydrogen-bond donors (Lipinski definition) is 1. The minimum absolute atomic E-state index is 0.00374. The molecule has 2 aromatic rings. The minimum Gasteiger partial charge on any atom is -0.327 e. The van der Waals surface area contributed by atoms with Gasteiger partial charge >= 0.3 is 0 Å². The number of nitrogens with zero attached hydrogens (tertiary/aromatic N) is 1. The van der Waals surface area contributed by atoms with Gasteiger partial charge in [0.1, 0.15) is 0 Å². The first-order valence-corrected chi connectivity index (χ1v) is 7.14. The Morgan fingerprint density at radius 1 is 1.14 bits per heavy atom. The zero-order valence-corrected chi connectivity index (χ0v) is 12.6. The molecule has 2 N–H and O–H groups in total. The molecule has 4 nitrogen and oxygen atoms in total. The standard InChI is InChI=1S/C15H14Cl2N2O2/c16-11-4-1-3-10(7-11)8-12(18)9-13-14(17)5-2-6-15(13)19(20)21/h1-7,12H,8-9,18H2. The van der Waals surface area contributed by atoms with Crippen LogP contribution in [0.15, 0.2) is 42.5 Å². The summed E-state index contributed by atoms with van der Waals surface area (Å²) in [6.07, 6.45) is 0.908. The molecule has 0 fully saturated rings. The van der Waals surface area contributed by atoms with Crippen molar-refractivity contribution in [2.45, 2.75) is 18.9 Å². The molecule has 1 unspecified atom stereocenters. The van der Waals surface area contributed by atoms with Gasteiger partial charge < -0.3 is 5.73 Å². The van der Waals surface area contributed by atoms with Crippen LogP contribution in [0.4, 0.5) is 5.69 Å². The van der Waals surface area contributed by atoms with Gasteiger partial charge in [-0.15, -0.1) is 0 Å². The van der Waals surface area contributed by atoms with Gasteiger partial charge in [0.25, 0.3) is 5.69 Å². The molecular formula is C15H14Cl2N2O2. The van der Waals surface area contributed by atoms with Crippen molar-refractivity contribution in [3.8, 4) is 0 Å². The lowest BCUT2D eigenvalue weighted by Crippen LogP contribution is -2.26. The van der Waals surface area contributed by atoms with Gasteiger partial charge in [0.2, 0.25) is 0 Å². The monoisotopic (exact) mass is 324 g/mol. The summed E-state index contributed by atoms with van der Waals surface area (Å²) < 4.78 is 0. The quantitative estimate of drug-likeness (QED) is 0.667. The number of hydrogen-bond acceptors (Lipinski definition) is 3. The lowest BCUT2D eigenvalue weighted by molar-refractivity contribution is -0.385. The first-order chi connectivity index (χ1) is 9.97. The van der Waals surface area contributed by atoms with Crippen molar-refractivity contribution in [1.82, 2.24) is 0 Å². The average Bonchev–Trinajstić information content (AvgIpc) is 2.40. The average molecular weight is 325 g/mol. The van der Waals surface area contributed by atoms with Crippen molar-refractivity contribution in [1.29, 1.82) is 0 Å². The van der Waals surface area contributed by atoms with Gasteiger partial charge in [0.05, 0.1) is 9.95 Å². The number of nitrogens with two attached hydrogens (primary N) is 1. The third-order valence-electron chi connectivity index (χ3n) is 3.14.